The van der Waals surface area contributed by atoms with Crippen LogP contribution in [0.5, 0.6) is 0 Å². The van der Waals surface area contributed by atoms with Gasteiger partial charge in [-0.1, -0.05) is 6.07 Å². The average Bonchev–Trinajstić information content (AvgIpc) is 2.16. The molecule has 2 nitrogen and oxygen atoms in total. The van der Waals surface area contributed by atoms with Crippen LogP contribution in [0.15, 0.2) is 23.1 Å². The lowest BCUT2D eigenvalue weighted by atomic mass is 10.0. The Kier molecular flexibility index (Phi) is 3.78. The van der Waals surface area contributed by atoms with Crippen molar-refractivity contribution in [3.8, 4) is 0 Å². The quantitative estimate of drug-likeness (QED) is 0.725. The lowest BCUT2D eigenvalue weighted by Crippen LogP contribution is -2.15. The summed E-state index contributed by atoms with van der Waals surface area (Å²) >= 11 is 1.71. The van der Waals surface area contributed by atoms with Crippen LogP contribution in [0, 0.1) is 6.92 Å². The van der Waals surface area contributed by atoms with E-state index in [1.807, 2.05) is 25.3 Å². The molecule has 1 unspecified atom stereocenters. The molecular weight excluding hydrogens is 182 g/mol. The lowest BCUT2D eigenvalue weighted by Gasteiger charge is -2.12. The van der Waals surface area contributed by atoms with Crippen LogP contribution in [-0.4, -0.2) is 18.0 Å². The van der Waals surface area contributed by atoms with Crippen LogP contribution < -0.4 is 5.73 Å². The predicted molar refractivity (Wildman–Crippen MR) is 57.0 cm³/mol. The van der Waals surface area contributed by atoms with Gasteiger partial charge in [-0.05, 0) is 36.4 Å². The number of benzene rings is 1. The molecule has 0 aromatic heterocycles. The van der Waals surface area contributed by atoms with Crippen molar-refractivity contribution in [3.63, 3.8) is 0 Å². The molecule has 13 heavy (non-hydrogen) atoms. The van der Waals surface area contributed by atoms with Crippen LogP contribution in [0.25, 0.3) is 0 Å². The Morgan fingerprint density at radius 1 is 1.54 bits per heavy atom. The highest BCUT2D eigenvalue weighted by Gasteiger charge is 2.07. The number of thioether (sulfide) groups is 1. The van der Waals surface area contributed by atoms with Crippen molar-refractivity contribution in [1.82, 2.24) is 0 Å². The Morgan fingerprint density at radius 3 is 2.69 bits per heavy atom. The summed E-state index contributed by atoms with van der Waals surface area (Å²) in [7, 11) is 0. The highest BCUT2D eigenvalue weighted by molar-refractivity contribution is 7.98. The van der Waals surface area contributed by atoms with Gasteiger partial charge in [0.2, 0.25) is 0 Å². The summed E-state index contributed by atoms with van der Waals surface area (Å²) in [5, 5.41) is 8.91. The molecule has 1 aromatic rings. The van der Waals surface area contributed by atoms with E-state index in [4.69, 9.17) is 10.8 Å². The van der Waals surface area contributed by atoms with E-state index in [1.54, 1.807) is 11.8 Å². The van der Waals surface area contributed by atoms with Gasteiger partial charge >= 0.3 is 0 Å². The van der Waals surface area contributed by atoms with Gasteiger partial charge in [0.05, 0.1) is 12.6 Å². The molecular formula is C10H15NOS. The second-order valence-corrected chi connectivity index (χ2v) is 3.89. The second kappa shape index (κ2) is 4.65. The summed E-state index contributed by atoms with van der Waals surface area (Å²) < 4.78 is 0. The number of rotatable bonds is 3. The van der Waals surface area contributed by atoms with E-state index in [0.717, 1.165) is 11.1 Å². The highest BCUT2D eigenvalue weighted by atomic mass is 32.2. The Labute approximate surface area is 83.1 Å². The first-order valence-electron chi connectivity index (χ1n) is 4.20. The maximum atomic E-state index is 8.91. The van der Waals surface area contributed by atoms with Gasteiger partial charge < -0.3 is 10.8 Å². The van der Waals surface area contributed by atoms with Gasteiger partial charge in [0, 0.05) is 4.90 Å². The third kappa shape index (κ3) is 2.46. The Morgan fingerprint density at radius 2 is 2.23 bits per heavy atom. The zero-order valence-corrected chi connectivity index (χ0v) is 8.77. The van der Waals surface area contributed by atoms with Crippen molar-refractivity contribution < 1.29 is 5.11 Å². The number of aliphatic hydroxyl groups excluding tert-OH is 1. The largest absolute Gasteiger partial charge is 0.394 e. The van der Waals surface area contributed by atoms with Gasteiger partial charge in [-0.15, -0.1) is 11.8 Å². The zero-order chi connectivity index (χ0) is 9.84. The highest BCUT2D eigenvalue weighted by Crippen LogP contribution is 2.21. The molecule has 0 spiro atoms. The zero-order valence-electron chi connectivity index (χ0n) is 7.95. The molecule has 1 atom stereocenters. The topological polar surface area (TPSA) is 46.2 Å². The van der Waals surface area contributed by atoms with Crippen molar-refractivity contribution in [2.45, 2.75) is 17.9 Å². The molecule has 1 aromatic carbocycles. The standard InChI is InChI=1S/C10H15NOS/c1-7-5-8(13-2)3-4-9(7)10(11)6-12/h3-5,10,12H,6,11H2,1-2H3. The molecule has 0 saturated carbocycles. The molecule has 1 rings (SSSR count). The molecule has 0 aliphatic carbocycles. The van der Waals surface area contributed by atoms with Gasteiger partial charge in [-0.25, -0.2) is 0 Å². The molecule has 0 aliphatic rings. The number of hydrogen-bond acceptors (Lipinski definition) is 3. The molecule has 0 aliphatic heterocycles. The van der Waals surface area contributed by atoms with E-state index in [0.29, 0.717) is 0 Å². The smallest absolute Gasteiger partial charge is 0.0624 e. The summed E-state index contributed by atoms with van der Waals surface area (Å²) in [6.07, 6.45) is 2.04. The SMILES string of the molecule is CSc1ccc(C(N)CO)c(C)c1. The normalized spacial score (nSPS) is 12.9. The van der Waals surface area contributed by atoms with E-state index in [1.165, 1.54) is 4.90 Å². The summed E-state index contributed by atoms with van der Waals surface area (Å²) in [6.45, 7) is 2.02. The van der Waals surface area contributed by atoms with Crippen molar-refractivity contribution in [3.05, 3.63) is 29.3 Å². The second-order valence-electron chi connectivity index (χ2n) is 3.01. The van der Waals surface area contributed by atoms with Crippen LogP contribution in [0.4, 0.5) is 0 Å². The summed E-state index contributed by atoms with van der Waals surface area (Å²) in [6, 6.07) is 5.86. The molecule has 72 valence electrons. The maximum absolute atomic E-state index is 8.91. The number of hydrogen-bond donors (Lipinski definition) is 2. The van der Waals surface area contributed by atoms with E-state index >= 15 is 0 Å². The number of aliphatic hydroxyl groups is 1. The fourth-order valence-corrected chi connectivity index (χ4v) is 1.79. The fraction of sp³-hybridized carbons (Fsp3) is 0.400. The van der Waals surface area contributed by atoms with E-state index in [-0.39, 0.29) is 12.6 Å². The van der Waals surface area contributed by atoms with Gasteiger partial charge in [0.1, 0.15) is 0 Å². The predicted octanol–water partition coefficient (Wildman–Crippen LogP) is 1.71. The van der Waals surface area contributed by atoms with Crippen molar-refractivity contribution in [1.29, 1.82) is 0 Å². The third-order valence-electron chi connectivity index (χ3n) is 2.07. The van der Waals surface area contributed by atoms with Crippen LogP contribution in [-0.2, 0) is 0 Å². The molecule has 0 heterocycles. The van der Waals surface area contributed by atoms with E-state index < -0.39 is 0 Å². The Balaban J connectivity index is 2.98. The van der Waals surface area contributed by atoms with Gasteiger partial charge in [0.25, 0.3) is 0 Å². The minimum absolute atomic E-state index is 0.000541. The molecule has 0 fully saturated rings. The van der Waals surface area contributed by atoms with Gasteiger partial charge in [-0.2, -0.15) is 0 Å². The number of nitrogens with two attached hydrogens (primary N) is 1. The lowest BCUT2D eigenvalue weighted by molar-refractivity contribution is 0.267. The monoisotopic (exact) mass is 197 g/mol. The van der Waals surface area contributed by atoms with Crippen LogP contribution >= 0.6 is 11.8 Å². The van der Waals surface area contributed by atoms with Crippen LogP contribution in [0.3, 0.4) is 0 Å². The minimum Gasteiger partial charge on any atom is -0.394 e. The number of aryl methyl sites for hydroxylation is 1. The first-order valence-corrected chi connectivity index (χ1v) is 5.42. The third-order valence-corrected chi connectivity index (χ3v) is 2.80. The van der Waals surface area contributed by atoms with Crippen molar-refractivity contribution in [2.75, 3.05) is 12.9 Å². The Hall–Kier alpha value is -0.510. The van der Waals surface area contributed by atoms with Crippen LogP contribution in [0.1, 0.15) is 17.2 Å². The van der Waals surface area contributed by atoms with E-state index in [2.05, 4.69) is 6.07 Å². The first kappa shape index (κ1) is 10.6. The fourth-order valence-electron chi connectivity index (χ4n) is 1.29. The minimum atomic E-state index is -0.254. The molecule has 3 N–H and O–H groups in total. The van der Waals surface area contributed by atoms with Gasteiger partial charge in [0.15, 0.2) is 0 Å². The molecule has 0 radical (unpaired) electrons. The Bertz CT molecular complexity index is 288. The molecule has 0 bridgehead atoms. The molecule has 3 heteroatoms. The first-order chi connectivity index (χ1) is 6.19. The average molecular weight is 197 g/mol. The van der Waals surface area contributed by atoms with Gasteiger partial charge in [-0.3, -0.25) is 0 Å². The summed E-state index contributed by atoms with van der Waals surface area (Å²) in [5.41, 5.74) is 7.90. The van der Waals surface area contributed by atoms with Crippen molar-refractivity contribution >= 4 is 11.8 Å². The molecule has 0 amide bonds. The maximum Gasteiger partial charge on any atom is 0.0624 e. The van der Waals surface area contributed by atoms with Crippen LogP contribution in [0.2, 0.25) is 0 Å². The molecule has 0 saturated heterocycles. The van der Waals surface area contributed by atoms with E-state index in [9.17, 15) is 0 Å². The summed E-state index contributed by atoms with van der Waals surface area (Å²) in [5.74, 6) is 0. The summed E-state index contributed by atoms with van der Waals surface area (Å²) in [4.78, 5) is 1.23. The van der Waals surface area contributed by atoms with Crippen molar-refractivity contribution in [2.24, 2.45) is 5.73 Å².